The van der Waals surface area contributed by atoms with E-state index in [1.54, 1.807) is 7.11 Å². The quantitative estimate of drug-likeness (QED) is 0.468. The summed E-state index contributed by atoms with van der Waals surface area (Å²) in [5, 5.41) is 8.51. The second kappa shape index (κ2) is 12.1. The first-order valence-electron chi connectivity index (χ1n) is 7.27. The number of aliphatic imine (C=N–C) groups is 1. The predicted octanol–water partition coefficient (Wildman–Crippen LogP) is 1.50. The Balaban J connectivity index is 2.09. The summed E-state index contributed by atoms with van der Waals surface area (Å²) in [4.78, 5) is 4.35. The van der Waals surface area contributed by atoms with Crippen LogP contribution in [0.15, 0.2) is 29.3 Å². The molecule has 0 aliphatic rings. The number of hydrogen-bond donors (Lipinski definition) is 1. The van der Waals surface area contributed by atoms with Crippen molar-refractivity contribution in [2.45, 2.75) is 6.92 Å². The van der Waals surface area contributed by atoms with E-state index in [1.807, 2.05) is 31.2 Å². The minimum atomic E-state index is 0.0364. The zero-order chi connectivity index (χ0) is 16.0. The van der Waals surface area contributed by atoms with E-state index in [1.165, 1.54) is 0 Å². The molecule has 0 fully saturated rings. The summed E-state index contributed by atoms with van der Waals surface area (Å²) in [5.41, 5.74) is 1.96. The zero-order valence-corrected chi connectivity index (χ0v) is 13.3. The van der Waals surface area contributed by atoms with Gasteiger partial charge in [-0.3, -0.25) is 4.99 Å². The molecule has 6 nitrogen and oxygen atoms in total. The topological polar surface area (TPSA) is 69.5 Å². The van der Waals surface area contributed by atoms with E-state index in [4.69, 9.17) is 24.1 Å². The maximum absolute atomic E-state index is 8.51. The van der Waals surface area contributed by atoms with Gasteiger partial charge in [0.25, 0.3) is 0 Å². The normalized spacial score (nSPS) is 11.7. The third-order valence-electron chi connectivity index (χ3n) is 2.88. The van der Waals surface area contributed by atoms with Gasteiger partial charge in [0.05, 0.1) is 46.8 Å². The van der Waals surface area contributed by atoms with Gasteiger partial charge in [-0.2, -0.15) is 0 Å². The van der Waals surface area contributed by atoms with E-state index < -0.39 is 0 Å². The fourth-order valence-corrected chi connectivity index (χ4v) is 1.63. The summed E-state index contributed by atoms with van der Waals surface area (Å²) in [6.45, 7) is 4.60. The molecule has 22 heavy (non-hydrogen) atoms. The van der Waals surface area contributed by atoms with Crippen molar-refractivity contribution >= 4 is 5.71 Å². The average Bonchev–Trinajstić information content (AvgIpc) is 2.56. The number of hydrogen-bond acceptors (Lipinski definition) is 6. The van der Waals surface area contributed by atoms with Crippen molar-refractivity contribution in [1.29, 1.82) is 0 Å². The van der Waals surface area contributed by atoms with Gasteiger partial charge in [0.1, 0.15) is 12.5 Å². The summed E-state index contributed by atoms with van der Waals surface area (Å²) in [6, 6.07) is 7.74. The highest BCUT2D eigenvalue weighted by Gasteiger charge is 1.98. The van der Waals surface area contributed by atoms with E-state index >= 15 is 0 Å². The molecule has 0 atom stereocenters. The Morgan fingerprint density at radius 3 is 2.14 bits per heavy atom. The maximum atomic E-state index is 8.51. The lowest BCUT2D eigenvalue weighted by atomic mass is 10.1. The highest BCUT2D eigenvalue weighted by molar-refractivity contribution is 5.98. The van der Waals surface area contributed by atoms with Crippen molar-refractivity contribution in [3.63, 3.8) is 0 Å². The molecule has 0 radical (unpaired) electrons. The van der Waals surface area contributed by atoms with Gasteiger partial charge in [-0.25, -0.2) is 0 Å². The molecule has 0 spiro atoms. The van der Waals surface area contributed by atoms with Crippen LogP contribution in [0.5, 0.6) is 5.75 Å². The second-order valence-electron chi connectivity index (χ2n) is 4.46. The molecule has 0 saturated heterocycles. The Morgan fingerprint density at radius 2 is 1.55 bits per heavy atom. The summed E-state index contributed by atoms with van der Waals surface area (Å²) < 4.78 is 20.9. The number of rotatable bonds is 12. The van der Waals surface area contributed by atoms with Crippen LogP contribution in [0.4, 0.5) is 0 Å². The molecule has 0 aliphatic heterocycles. The second-order valence-corrected chi connectivity index (χ2v) is 4.46. The van der Waals surface area contributed by atoms with Crippen LogP contribution in [0, 0.1) is 0 Å². The number of aliphatic hydroxyl groups excluding tert-OH is 1. The Morgan fingerprint density at radius 1 is 0.955 bits per heavy atom. The van der Waals surface area contributed by atoms with Crippen LogP contribution in [0.1, 0.15) is 12.5 Å². The number of ether oxygens (including phenoxy) is 4. The monoisotopic (exact) mass is 311 g/mol. The lowest BCUT2D eigenvalue weighted by Crippen LogP contribution is -2.11. The Labute approximate surface area is 131 Å². The third kappa shape index (κ3) is 8.09. The van der Waals surface area contributed by atoms with E-state index in [0.717, 1.165) is 17.0 Å². The molecule has 1 rings (SSSR count). The van der Waals surface area contributed by atoms with E-state index in [9.17, 15) is 0 Å². The standard InChI is InChI=1S/C16H25NO5/c1-14(15-3-5-16(19-2)6-4-15)17-13-22-12-11-21-10-9-20-8-7-18/h3-6,18H,7-13H2,1-2H3/b17-14+. The molecule has 0 saturated carbocycles. The summed E-state index contributed by atoms with van der Waals surface area (Å²) >= 11 is 0. The first-order chi connectivity index (χ1) is 10.8. The van der Waals surface area contributed by atoms with E-state index in [2.05, 4.69) is 4.99 Å². The van der Waals surface area contributed by atoms with E-state index in [0.29, 0.717) is 39.8 Å². The first-order valence-corrected chi connectivity index (χ1v) is 7.27. The maximum Gasteiger partial charge on any atom is 0.137 e. The van der Waals surface area contributed by atoms with Crippen molar-refractivity contribution in [3.05, 3.63) is 29.8 Å². The van der Waals surface area contributed by atoms with Crippen molar-refractivity contribution < 1.29 is 24.1 Å². The molecule has 0 aromatic heterocycles. The van der Waals surface area contributed by atoms with E-state index in [-0.39, 0.29) is 6.61 Å². The SMILES string of the molecule is COc1ccc(/C(C)=N/COCCOCCOCCO)cc1. The lowest BCUT2D eigenvalue weighted by molar-refractivity contribution is 0.00889. The number of aliphatic hydroxyl groups is 1. The van der Waals surface area contributed by atoms with Gasteiger partial charge in [0.15, 0.2) is 0 Å². The van der Waals surface area contributed by atoms with Crippen molar-refractivity contribution in [1.82, 2.24) is 0 Å². The third-order valence-corrected chi connectivity index (χ3v) is 2.88. The number of nitrogens with zero attached hydrogens (tertiary/aromatic N) is 1. The van der Waals surface area contributed by atoms with Gasteiger partial charge >= 0.3 is 0 Å². The Bertz CT molecular complexity index is 419. The minimum absolute atomic E-state index is 0.0364. The fourth-order valence-electron chi connectivity index (χ4n) is 1.63. The fraction of sp³-hybridized carbons (Fsp3) is 0.562. The molecule has 1 N–H and O–H groups in total. The van der Waals surface area contributed by atoms with Crippen LogP contribution in [0.25, 0.3) is 0 Å². The van der Waals surface area contributed by atoms with Crippen molar-refractivity contribution in [3.8, 4) is 5.75 Å². The first kappa shape index (κ1) is 18.6. The highest BCUT2D eigenvalue weighted by Crippen LogP contribution is 2.11. The molecule has 0 aliphatic carbocycles. The van der Waals surface area contributed by atoms with Gasteiger partial charge < -0.3 is 24.1 Å². The summed E-state index contributed by atoms with van der Waals surface area (Å²) in [5.74, 6) is 0.827. The smallest absolute Gasteiger partial charge is 0.137 e. The molecule has 1 aromatic carbocycles. The molecule has 6 heteroatoms. The molecule has 0 bridgehead atoms. The molecule has 0 unspecified atom stereocenters. The Kier molecular flexibility index (Phi) is 10.2. The van der Waals surface area contributed by atoms with Gasteiger partial charge in [-0.1, -0.05) is 0 Å². The Hall–Kier alpha value is -1.47. The average molecular weight is 311 g/mol. The zero-order valence-electron chi connectivity index (χ0n) is 13.3. The minimum Gasteiger partial charge on any atom is -0.497 e. The molecule has 124 valence electrons. The van der Waals surface area contributed by atoms with Gasteiger partial charge in [-0.05, 0) is 36.8 Å². The van der Waals surface area contributed by atoms with Crippen LogP contribution in [-0.2, 0) is 14.2 Å². The van der Waals surface area contributed by atoms with Crippen molar-refractivity contribution in [2.24, 2.45) is 4.99 Å². The predicted molar refractivity (Wildman–Crippen MR) is 84.7 cm³/mol. The van der Waals surface area contributed by atoms with Crippen LogP contribution < -0.4 is 4.74 Å². The molecular weight excluding hydrogens is 286 g/mol. The number of benzene rings is 1. The summed E-state index contributed by atoms with van der Waals surface area (Å²) in [7, 11) is 1.64. The van der Waals surface area contributed by atoms with Crippen LogP contribution in [0.2, 0.25) is 0 Å². The lowest BCUT2D eigenvalue weighted by Gasteiger charge is -2.06. The van der Waals surface area contributed by atoms with Crippen LogP contribution >= 0.6 is 0 Å². The highest BCUT2D eigenvalue weighted by atomic mass is 16.5. The molecule has 0 amide bonds. The van der Waals surface area contributed by atoms with Gasteiger partial charge in [0.2, 0.25) is 0 Å². The molecular formula is C16H25NO5. The summed E-state index contributed by atoms with van der Waals surface area (Å²) in [6.07, 6.45) is 0. The van der Waals surface area contributed by atoms with Crippen LogP contribution in [-0.4, -0.2) is 64.3 Å². The van der Waals surface area contributed by atoms with Crippen molar-refractivity contribution in [2.75, 3.05) is 53.5 Å². The van der Waals surface area contributed by atoms with Gasteiger partial charge in [-0.15, -0.1) is 0 Å². The van der Waals surface area contributed by atoms with Gasteiger partial charge in [0, 0.05) is 5.71 Å². The van der Waals surface area contributed by atoms with Crippen LogP contribution in [0.3, 0.4) is 0 Å². The molecule has 1 aromatic rings. The molecule has 0 heterocycles. The largest absolute Gasteiger partial charge is 0.497 e. The number of methoxy groups -OCH3 is 1.